The van der Waals surface area contributed by atoms with Gasteiger partial charge in [-0.15, -0.1) is 0 Å². The Hall–Kier alpha value is -2.40. The van der Waals surface area contributed by atoms with Gasteiger partial charge in [-0.05, 0) is 36.8 Å². The number of hydrogen-bond donors (Lipinski definition) is 2. The molecule has 2 N–H and O–H groups in total. The second kappa shape index (κ2) is 6.16. The summed E-state index contributed by atoms with van der Waals surface area (Å²) in [5.74, 6) is -1.53. The molecule has 2 aromatic rings. The molecule has 0 aliphatic rings. The van der Waals surface area contributed by atoms with Gasteiger partial charge in [0.1, 0.15) is 0 Å². The Morgan fingerprint density at radius 2 is 1.85 bits per heavy atom. The maximum atomic E-state index is 11.8. The molecule has 0 saturated heterocycles. The van der Waals surface area contributed by atoms with E-state index in [4.69, 9.17) is 11.6 Å². The van der Waals surface area contributed by atoms with Crippen molar-refractivity contribution in [2.24, 2.45) is 0 Å². The van der Waals surface area contributed by atoms with Gasteiger partial charge in [0.2, 0.25) is 0 Å². The van der Waals surface area contributed by atoms with Gasteiger partial charge in [0.15, 0.2) is 0 Å². The second-order valence-corrected chi connectivity index (χ2v) is 4.47. The van der Waals surface area contributed by atoms with Crippen molar-refractivity contribution in [2.45, 2.75) is 6.92 Å². The van der Waals surface area contributed by atoms with Crippen LogP contribution in [0.25, 0.3) is 0 Å². The zero-order valence-electron chi connectivity index (χ0n) is 10.7. The van der Waals surface area contributed by atoms with Crippen LogP contribution < -0.4 is 10.6 Å². The van der Waals surface area contributed by atoms with E-state index in [1.165, 1.54) is 6.20 Å². The molecular formula is C14H12ClN3O2. The van der Waals surface area contributed by atoms with Crippen LogP contribution in [0.4, 0.5) is 11.4 Å². The monoisotopic (exact) mass is 289 g/mol. The van der Waals surface area contributed by atoms with E-state index in [0.29, 0.717) is 22.0 Å². The summed E-state index contributed by atoms with van der Waals surface area (Å²) in [4.78, 5) is 27.4. The molecule has 0 bridgehead atoms. The molecule has 102 valence electrons. The van der Waals surface area contributed by atoms with Crippen LogP contribution in [-0.2, 0) is 9.59 Å². The van der Waals surface area contributed by atoms with Crippen molar-refractivity contribution < 1.29 is 9.59 Å². The zero-order chi connectivity index (χ0) is 14.5. The molecule has 0 unspecified atom stereocenters. The predicted octanol–water partition coefficient (Wildman–Crippen LogP) is 2.62. The summed E-state index contributed by atoms with van der Waals surface area (Å²) in [6, 6.07) is 8.39. The third kappa shape index (κ3) is 3.33. The van der Waals surface area contributed by atoms with E-state index in [9.17, 15) is 9.59 Å². The predicted molar refractivity (Wildman–Crippen MR) is 77.7 cm³/mol. The lowest BCUT2D eigenvalue weighted by Gasteiger charge is -2.09. The van der Waals surface area contributed by atoms with Gasteiger partial charge in [0.25, 0.3) is 0 Å². The Kier molecular flexibility index (Phi) is 4.32. The van der Waals surface area contributed by atoms with Crippen LogP contribution in [0.15, 0.2) is 42.7 Å². The maximum Gasteiger partial charge on any atom is 0.314 e. The number of nitrogens with zero attached hydrogens (tertiary/aromatic N) is 1. The number of carbonyl (C=O) groups is 2. The molecule has 0 saturated carbocycles. The number of carbonyl (C=O) groups excluding carboxylic acids is 2. The molecule has 0 atom stereocenters. The van der Waals surface area contributed by atoms with Crippen LogP contribution >= 0.6 is 11.6 Å². The number of amides is 2. The van der Waals surface area contributed by atoms with Gasteiger partial charge in [0, 0.05) is 16.9 Å². The minimum Gasteiger partial charge on any atom is -0.317 e. The fraction of sp³-hybridized carbons (Fsp3) is 0.0714. The molecule has 1 aromatic heterocycles. The molecular weight excluding hydrogens is 278 g/mol. The topological polar surface area (TPSA) is 71.1 Å². The lowest BCUT2D eigenvalue weighted by Crippen LogP contribution is -2.29. The summed E-state index contributed by atoms with van der Waals surface area (Å²) in [5, 5.41) is 5.49. The zero-order valence-corrected chi connectivity index (χ0v) is 11.4. The van der Waals surface area contributed by atoms with Crippen molar-refractivity contribution in [1.82, 2.24) is 4.98 Å². The van der Waals surface area contributed by atoms with Crippen LogP contribution in [0.3, 0.4) is 0 Å². The smallest absolute Gasteiger partial charge is 0.314 e. The molecule has 0 fully saturated rings. The van der Waals surface area contributed by atoms with E-state index >= 15 is 0 Å². The third-order valence-electron chi connectivity index (χ3n) is 2.64. The first kappa shape index (κ1) is 14.0. The fourth-order valence-corrected chi connectivity index (χ4v) is 1.72. The van der Waals surface area contributed by atoms with Crippen LogP contribution in [0.5, 0.6) is 0 Å². The van der Waals surface area contributed by atoms with Crippen molar-refractivity contribution in [2.75, 3.05) is 10.6 Å². The number of anilines is 2. The lowest BCUT2D eigenvalue weighted by atomic mass is 10.2. The van der Waals surface area contributed by atoms with Crippen LogP contribution in [-0.4, -0.2) is 16.8 Å². The summed E-state index contributed by atoms with van der Waals surface area (Å²) >= 11 is 5.95. The van der Waals surface area contributed by atoms with Gasteiger partial charge >= 0.3 is 11.8 Å². The first-order valence-corrected chi connectivity index (χ1v) is 6.23. The maximum absolute atomic E-state index is 11.8. The fourth-order valence-electron chi connectivity index (χ4n) is 1.55. The van der Waals surface area contributed by atoms with Crippen LogP contribution in [0.1, 0.15) is 5.56 Å². The van der Waals surface area contributed by atoms with E-state index in [0.717, 1.165) is 0 Å². The Balaban J connectivity index is 2.05. The number of rotatable bonds is 2. The quantitative estimate of drug-likeness (QED) is 0.835. The number of benzene rings is 1. The molecule has 0 spiro atoms. The minimum atomic E-state index is -0.766. The highest BCUT2D eigenvalue weighted by molar-refractivity contribution is 6.43. The van der Waals surface area contributed by atoms with Crippen molar-refractivity contribution >= 4 is 34.8 Å². The molecule has 6 heteroatoms. The Bertz CT molecular complexity index is 644. The number of hydrogen-bond acceptors (Lipinski definition) is 3. The summed E-state index contributed by atoms with van der Waals surface area (Å²) in [7, 11) is 0. The van der Waals surface area contributed by atoms with Crippen molar-refractivity contribution in [1.29, 1.82) is 0 Å². The van der Waals surface area contributed by atoms with Gasteiger partial charge < -0.3 is 10.6 Å². The van der Waals surface area contributed by atoms with Gasteiger partial charge in [-0.25, -0.2) is 0 Å². The molecule has 1 heterocycles. The van der Waals surface area contributed by atoms with E-state index in [1.807, 2.05) is 0 Å². The van der Waals surface area contributed by atoms with Gasteiger partial charge in [-0.2, -0.15) is 0 Å². The third-order valence-corrected chi connectivity index (χ3v) is 3.05. The van der Waals surface area contributed by atoms with Gasteiger partial charge in [0.05, 0.1) is 11.9 Å². The van der Waals surface area contributed by atoms with Crippen molar-refractivity contribution in [3.63, 3.8) is 0 Å². The highest BCUT2D eigenvalue weighted by Gasteiger charge is 2.15. The first-order valence-electron chi connectivity index (χ1n) is 5.85. The molecule has 0 aliphatic carbocycles. The Morgan fingerprint density at radius 1 is 1.10 bits per heavy atom. The van der Waals surface area contributed by atoms with Gasteiger partial charge in [-0.3, -0.25) is 14.6 Å². The summed E-state index contributed by atoms with van der Waals surface area (Å²) in [6.45, 7) is 1.76. The molecule has 5 nitrogen and oxygen atoms in total. The minimum absolute atomic E-state index is 0.454. The molecule has 0 aliphatic heterocycles. The number of aromatic nitrogens is 1. The van der Waals surface area contributed by atoms with E-state index < -0.39 is 11.8 Å². The molecule has 2 rings (SSSR count). The summed E-state index contributed by atoms with van der Waals surface area (Å²) in [6.07, 6.45) is 3.03. The normalized spacial score (nSPS) is 9.90. The number of pyridine rings is 1. The second-order valence-electron chi connectivity index (χ2n) is 4.06. The van der Waals surface area contributed by atoms with Crippen molar-refractivity contribution in [3.05, 3.63) is 53.3 Å². The Labute approximate surface area is 121 Å². The van der Waals surface area contributed by atoms with Gasteiger partial charge in [-0.1, -0.05) is 17.7 Å². The molecule has 20 heavy (non-hydrogen) atoms. The van der Waals surface area contributed by atoms with Crippen LogP contribution in [0, 0.1) is 6.92 Å². The number of nitrogens with one attached hydrogen (secondary N) is 2. The van der Waals surface area contributed by atoms with E-state index in [2.05, 4.69) is 15.6 Å². The average Bonchev–Trinajstić information content (AvgIpc) is 2.45. The highest BCUT2D eigenvalue weighted by Crippen LogP contribution is 2.22. The van der Waals surface area contributed by atoms with Crippen molar-refractivity contribution in [3.8, 4) is 0 Å². The van der Waals surface area contributed by atoms with E-state index in [-0.39, 0.29) is 0 Å². The largest absolute Gasteiger partial charge is 0.317 e. The van der Waals surface area contributed by atoms with Crippen LogP contribution in [0.2, 0.25) is 5.02 Å². The standard InChI is InChI=1S/C14H12ClN3O2/c1-9-11(15)5-2-6-12(9)18-14(20)13(19)17-10-4-3-7-16-8-10/h2-8H,1H3,(H,17,19)(H,18,20). The van der Waals surface area contributed by atoms with E-state index in [1.54, 1.807) is 43.5 Å². The summed E-state index contributed by atoms with van der Waals surface area (Å²) < 4.78 is 0. The lowest BCUT2D eigenvalue weighted by molar-refractivity contribution is -0.133. The first-order chi connectivity index (χ1) is 9.58. The molecule has 0 radical (unpaired) electrons. The molecule has 2 amide bonds. The SMILES string of the molecule is Cc1c(Cl)cccc1NC(=O)C(=O)Nc1cccnc1. The Morgan fingerprint density at radius 3 is 2.55 bits per heavy atom. The summed E-state index contributed by atoms with van der Waals surface area (Å²) in [5.41, 5.74) is 1.66. The highest BCUT2D eigenvalue weighted by atomic mass is 35.5. The molecule has 1 aromatic carbocycles. The average molecular weight is 290 g/mol. The number of halogens is 1.